The zero-order chi connectivity index (χ0) is 16.9. The molecule has 0 bridgehead atoms. The van der Waals surface area contributed by atoms with Crippen LogP contribution in [0.1, 0.15) is 15.9 Å². The highest BCUT2D eigenvalue weighted by Gasteiger charge is 2.11. The van der Waals surface area contributed by atoms with Crippen molar-refractivity contribution in [3.05, 3.63) is 59.7 Å². The van der Waals surface area contributed by atoms with E-state index in [0.717, 1.165) is 5.56 Å². The minimum atomic E-state index is -2.89. The fraction of sp³-hybridized carbons (Fsp3) is 0.167. The number of benzene rings is 2. The lowest BCUT2D eigenvalue weighted by Gasteiger charge is -2.18. The summed E-state index contributed by atoms with van der Waals surface area (Å²) in [5, 5.41) is 0. The summed E-state index contributed by atoms with van der Waals surface area (Å²) in [7, 11) is 0. The van der Waals surface area contributed by atoms with E-state index in [-0.39, 0.29) is 11.5 Å². The quantitative estimate of drug-likeness (QED) is 0.614. The van der Waals surface area contributed by atoms with E-state index in [1.54, 1.807) is 18.2 Å². The molecule has 3 rings (SSSR count). The Morgan fingerprint density at radius 3 is 2.46 bits per heavy atom. The van der Waals surface area contributed by atoms with E-state index < -0.39 is 6.61 Å². The maximum absolute atomic E-state index is 12.1. The second-order valence-electron chi connectivity index (χ2n) is 5.00. The molecule has 0 saturated carbocycles. The first-order valence-electron chi connectivity index (χ1n) is 7.29. The van der Waals surface area contributed by atoms with Crippen molar-refractivity contribution in [1.29, 1.82) is 0 Å². The molecule has 1 heterocycles. The van der Waals surface area contributed by atoms with Crippen molar-refractivity contribution in [1.82, 2.24) is 0 Å². The summed E-state index contributed by atoms with van der Waals surface area (Å²) < 4.78 is 39.3. The first-order valence-corrected chi connectivity index (χ1v) is 7.29. The van der Waals surface area contributed by atoms with E-state index in [1.165, 1.54) is 30.3 Å². The molecule has 1 aliphatic heterocycles. The molecule has 6 heteroatoms. The highest BCUT2D eigenvalue weighted by atomic mass is 19.3. The minimum absolute atomic E-state index is 0.0114. The number of rotatable bonds is 5. The Bertz CT molecular complexity index is 754. The molecule has 0 amide bonds. The summed E-state index contributed by atoms with van der Waals surface area (Å²) in [6.45, 7) is -1.88. The van der Waals surface area contributed by atoms with E-state index >= 15 is 0 Å². The molecular weight excluding hydrogens is 318 g/mol. The third-order valence-electron chi connectivity index (χ3n) is 3.36. The fourth-order valence-corrected chi connectivity index (χ4v) is 2.23. The van der Waals surface area contributed by atoms with Crippen LogP contribution < -0.4 is 14.2 Å². The number of hydrogen-bond donors (Lipinski definition) is 0. The van der Waals surface area contributed by atoms with Crippen molar-refractivity contribution in [3.8, 4) is 17.2 Å². The van der Waals surface area contributed by atoms with Crippen LogP contribution in [0.4, 0.5) is 8.78 Å². The van der Waals surface area contributed by atoms with Crippen LogP contribution in [0.5, 0.6) is 17.2 Å². The maximum atomic E-state index is 12.1. The summed E-state index contributed by atoms with van der Waals surface area (Å²) in [5.74, 6) is 1.09. The molecule has 0 aliphatic carbocycles. The highest BCUT2D eigenvalue weighted by Crippen LogP contribution is 2.31. The summed E-state index contributed by atoms with van der Waals surface area (Å²) in [5.41, 5.74) is 1.18. The van der Waals surface area contributed by atoms with Gasteiger partial charge in [-0.25, -0.2) is 0 Å². The van der Waals surface area contributed by atoms with Crippen molar-refractivity contribution in [3.63, 3.8) is 0 Å². The Hall–Kier alpha value is -2.89. The predicted molar refractivity (Wildman–Crippen MR) is 83.9 cm³/mol. The van der Waals surface area contributed by atoms with Gasteiger partial charge < -0.3 is 14.2 Å². The Labute approximate surface area is 137 Å². The van der Waals surface area contributed by atoms with Gasteiger partial charge in [0.05, 0.1) is 0 Å². The third-order valence-corrected chi connectivity index (χ3v) is 3.36. The number of fused-ring (bicyclic) bond motifs is 1. The number of carbonyl (C=O) groups excluding carboxylic acids is 1. The smallest absolute Gasteiger partial charge is 0.387 e. The largest absolute Gasteiger partial charge is 0.486 e. The number of halogens is 2. The summed E-state index contributed by atoms with van der Waals surface area (Å²) in [4.78, 5) is 12.1. The summed E-state index contributed by atoms with van der Waals surface area (Å²) in [6.07, 6.45) is 3.07. The minimum Gasteiger partial charge on any atom is -0.486 e. The van der Waals surface area contributed by atoms with Crippen LogP contribution in [0.25, 0.3) is 6.08 Å². The summed E-state index contributed by atoms with van der Waals surface area (Å²) in [6, 6.07) is 10.9. The summed E-state index contributed by atoms with van der Waals surface area (Å²) >= 11 is 0. The van der Waals surface area contributed by atoms with Gasteiger partial charge in [-0.05, 0) is 48.0 Å². The monoisotopic (exact) mass is 332 g/mol. The van der Waals surface area contributed by atoms with Crippen molar-refractivity contribution >= 4 is 11.9 Å². The average Bonchev–Trinajstić information content (AvgIpc) is 2.59. The van der Waals surface area contributed by atoms with Crippen LogP contribution >= 0.6 is 0 Å². The van der Waals surface area contributed by atoms with Crippen molar-refractivity contribution in [2.75, 3.05) is 13.2 Å². The molecule has 1 aliphatic rings. The fourth-order valence-electron chi connectivity index (χ4n) is 2.23. The number of ether oxygens (including phenoxy) is 3. The van der Waals surface area contributed by atoms with Crippen molar-refractivity contribution < 1.29 is 27.8 Å². The molecule has 124 valence electrons. The third kappa shape index (κ3) is 3.90. The lowest BCUT2D eigenvalue weighted by atomic mass is 10.1. The molecule has 4 nitrogen and oxygen atoms in total. The standard InChI is InChI=1S/C18H14F2O4/c19-18(20)24-14-5-3-13(4-6-14)15(21)7-1-12-2-8-16-17(11-12)23-10-9-22-16/h1-8,11,18H,9-10H2/b7-1+. The van der Waals surface area contributed by atoms with E-state index in [4.69, 9.17) is 9.47 Å². The van der Waals surface area contributed by atoms with Crippen LogP contribution in [0.15, 0.2) is 48.5 Å². The van der Waals surface area contributed by atoms with Gasteiger partial charge in [0, 0.05) is 5.56 Å². The first kappa shape index (κ1) is 16.0. The number of allylic oxidation sites excluding steroid dienone is 1. The van der Waals surface area contributed by atoms with Crippen molar-refractivity contribution in [2.24, 2.45) is 0 Å². The van der Waals surface area contributed by atoms with Crippen molar-refractivity contribution in [2.45, 2.75) is 6.61 Å². The lowest BCUT2D eigenvalue weighted by Crippen LogP contribution is -2.15. The molecule has 0 radical (unpaired) electrons. The normalized spacial score (nSPS) is 13.3. The van der Waals surface area contributed by atoms with Crippen LogP contribution in [0, 0.1) is 0 Å². The van der Waals surface area contributed by atoms with E-state index in [9.17, 15) is 13.6 Å². The SMILES string of the molecule is O=C(/C=C/c1ccc2c(c1)OCCO2)c1ccc(OC(F)F)cc1. The molecule has 0 atom stereocenters. The zero-order valence-electron chi connectivity index (χ0n) is 12.6. The van der Waals surface area contributed by atoms with Crippen LogP contribution in [0.2, 0.25) is 0 Å². The molecule has 2 aromatic rings. The Kier molecular flexibility index (Phi) is 4.74. The molecule has 24 heavy (non-hydrogen) atoms. The Morgan fingerprint density at radius 1 is 1.04 bits per heavy atom. The first-order chi connectivity index (χ1) is 11.6. The van der Waals surface area contributed by atoms with Gasteiger partial charge in [0.2, 0.25) is 0 Å². The van der Waals surface area contributed by atoms with Crippen LogP contribution in [0.3, 0.4) is 0 Å². The number of ketones is 1. The topological polar surface area (TPSA) is 44.8 Å². The van der Waals surface area contributed by atoms with Crippen LogP contribution in [-0.4, -0.2) is 25.6 Å². The molecule has 2 aromatic carbocycles. The average molecular weight is 332 g/mol. The van der Waals surface area contributed by atoms with Gasteiger partial charge in [-0.2, -0.15) is 8.78 Å². The Morgan fingerprint density at radius 2 is 1.75 bits per heavy atom. The predicted octanol–water partition coefficient (Wildman–Crippen LogP) is 3.96. The lowest BCUT2D eigenvalue weighted by molar-refractivity contribution is -0.0498. The molecule has 0 spiro atoms. The van der Waals surface area contributed by atoms with Gasteiger partial charge in [0.1, 0.15) is 19.0 Å². The van der Waals surface area contributed by atoms with Gasteiger partial charge in [0.15, 0.2) is 17.3 Å². The molecule has 0 unspecified atom stereocenters. The molecule has 0 aromatic heterocycles. The molecule has 0 fully saturated rings. The van der Waals surface area contributed by atoms with Crippen LogP contribution in [-0.2, 0) is 0 Å². The number of alkyl halides is 2. The zero-order valence-corrected chi connectivity index (χ0v) is 12.6. The Balaban J connectivity index is 1.68. The van der Waals surface area contributed by atoms with Gasteiger partial charge >= 0.3 is 6.61 Å². The van der Waals surface area contributed by atoms with Gasteiger partial charge in [-0.3, -0.25) is 4.79 Å². The van der Waals surface area contributed by atoms with Gasteiger partial charge in [-0.1, -0.05) is 12.1 Å². The molecule has 0 saturated heterocycles. The second-order valence-corrected chi connectivity index (χ2v) is 5.00. The van der Waals surface area contributed by atoms with Gasteiger partial charge in [0.25, 0.3) is 0 Å². The van der Waals surface area contributed by atoms with E-state index in [2.05, 4.69) is 4.74 Å². The van der Waals surface area contributed by atoms with Gasteiger partial charge in [-0.15, -0.1) is 0 Å². The second kappa shape index (κ2) is 7.12. The maximum Gasteiger partial charge on any atom is 0.387 e. The van der Waals surface area contributed by atoms with E-state index in [1.807, 2.05) is 6.07 Å². The van der Waals surface area contributed by atoms with E-state index in [0.29, 0.717) is 30.3 Å². The molecular formula is C18H14F2O4. The molecule has 0 N–H and O–H groups in total. The number of carbonyl (C=O) groups is 1. The number of hydrogen-bond acceptors (Lipinski definition) is 4. The highest BCUT2D eigenvalue weighted by molar-refractivity contribution is 6.06.